The van der Waals surface area contributed by atoms with Gasteiger partial charge in [-0.2, -0.15) is 5.10 Å². The van der Waals surface area contributed by atoms with Gasteiger partial charge >= 0.3 is 0 Å². The van der Waals surface area contributed by atoms with E-state index in [0.29, 0.717) is 18.1 Å². The Morgan fingerprint density at radius 2 is 2.12 bits per heavy atom. The van der Waals surface area contributed by atoms with Crippen LogP contribution < -0.4 is 14.9 Å². The van der Waals surface area contributed by atoms with E-state index in [1.165, 1.54) is 11.3 Å². The summed E-state index contributed by atoms with van der Waals surface area (Å²) in [5.74, 6) is 1.30. The van der Waals surface area contributed by atoms with Gasteiger partial charge in [-0.05, 0) is 39.2 Å². The summed E-state index contributed by atoms with van der Waals surface area (Å²) < 4.78 is 12.2. The van der Waals surface area contributed by atoms with Crippen molar-refractivity contribution in [2.75, 3.05) is 12.5 Å². The van der Waals surface area contributed by atoms with E-state index in [1.807, 2.05) is 47.8 Å². The molecule has 7 heteroatoms. The Labute approximate surface area is 158 Å². The van der Waals surface area contributed by atoms with Crippen LogP contribution in [0.3, 0.4) is 0 Å². The van der Waals surface area contributed by atoms with Crippen molar-refractivity contribution in [2.45, 2.75) is 6.61 Å². The molecular weight excluding hydrogens is 402 g/mol. The van der Waals surface area contributed by atoms with Gasteiger partial charge in [0.1, 0.15) is 6.61 Å². The maximum Gasteiger partial charge on any atom is 0.203 e. The molecule has 0 fully saturated rings. The first kappa shape index (κ1) is 17.4. The molecule has 2 aromatic carbocycles. The maximum atomic E-state index is 5.92. The Morgan fingerprint density at radius 3 is 2.84 bits per heavy atom. The number of ether oxygens (including phenoxy) is 2. The molecule has 0 aliphatic rings. The molecule has 25 heavy (non-hydrogen) atoms. The molecule has 0 spiro atoms. The first-order chi connectivity index (χ1) is 12.3. The average Bonchev–Trinajstić information content (AvgIpc) is 3.15. The Bertz CT molecular complexity index is 839. The van der Waals surface area contributed by atoms with Crippen LogP contribution in [-0.2, 0) is 6.61 Å². The lowest BCUT2D eigenvalue weighted by atomic mass is 10.2. The zero-order valence-corrected chi connectivity index (χ0v) is 15.9. The molecule has 0 saturated carbocycles. The number of nitrogens with one attached hydrogen (secondary N) is 1. The highest BCUT2D eigenvalue weighted by Crippen LogP contribution is 2.36. The van der Waals surface area contributed by atoms with Crippen molar-refractivity contribution in [1.29, 1.82) is 0 Å². The topological polar surface area (TPSA) is 55.7 Å². The fourth-order valence-corrected chi connectivity index (χ4v) is 3.18. The van der Waals surface area contributed by atoms with Crippen LogP contribution in [-0.4, -0.2) is 18.3 Å². The number of aromatic nitrogens is 1. The van der Waals surface area contributed by atoms with Crippen molar-refractivity contribution in [3.63, 3.8) is 0 Å². The number of halogens is 1. The maximum absolute atomic E-state index is 5.92. The third-order valence-corrected chi connectivity index (χ3v) is 4.55. The van der Waals surface area contributed by atoms with Gasteiger partial charge in [-0.1, -0.05) is 30.3 Å². The molecule has 5 nitrogen and oxygen atoms in total. The first-order valence-corrected chi connectivity index (χ1v) is 9.16. The number of nitrogens with zero attached hydrogens (tertiary/aromatic N) is 2. The van der Waals surface area contributed by atoms with Crippen LogP contribution in [0.15, 0.2) is 63.6 Å². The minimum Gasteiger partial charge on any atom is -0.493 e. The second-order valence-corrected chi connectivity index (χ2v) is 6.76. The predicted molar refractivity (Wildman–Crippen MR) is 105 cm³/mol. The van der Waals surface area contributed by atoms with Gasteiger partial charge in [-0.15, -0.1) is 11.3 Å². The van der Waals surface area contributed by atoms with Gasteiger partial charge in [-0.3, -0.25) is 5.43 Å². The minimum atomic E-state index is 0.467. The lowest BCUT2D eigenvalue weighted by Gasteiger charge is -2.13. The molecule has 1 N–H and O–H groups in total. The van der Waals surface area contributed by atoms with Crippen LogP contribution in [0.2, 0.25) is 0 Å². The molecule has 0 aliphatic carbocycles. The molecule has 0 radical (unpaired) electrons. The van der Waals surface area contributed by atoms with E-state index in [1.54, 1.807) is 19.5 Å². The van der Waals surface area contributed by atoms with Gasteiger partial charge in [0.05, 0.1) is 17.8 Å². The van der Waals surface area contributed by atoms with Gasteiger partial charge in [0.2, 0.25) is 5.13 Å². The minimum absolute atomic E-state index is 0.467. The van der Waals surface area contributed by atoms with Crippen molar-refractivity contribution in [3.05, 3.63) is 69.6 Å². The van der Waals surface area contributed by atoms with E-state index >= 15 is 0 Å². The Hall–Kier alpha value is -2.38. The Kier molecular flexibility index (Phi) is 6.03. The van der Waals surface area contributed by atoms with Crippen LogP contribution in [0.25, 0.3) is 0 Å². The lowest BCUT2D eigenvalue weighted by Crippen LogP contribution is -2.00. The molecule has 128 valence electrons. The quantitative estimate of drug-likeness (QED) is 0.436. The number of thiazole rings is 1. The Morgan fingerprint density at radius 1 is 1.28 bits per heavy atom. The summed E-state index contributed by atoms with van der Waals surface area (Å²) in [7, 11) is 1.62. The molecular formula is C18H16BrN3O2S. The summed E-state index contributed by atoms with van der Waals surface area (Å²) >= 11 is 5.03. The molecule has 0 amide bonds. The van der Waals surface area contributed by atoms with Crippen molar-refractivity contribution >= 4 is 38.6 Å². The van der Waals surface area contributed by atoms with Crippen LogP contribution in [0.5, 0.6) is 11.5 Å². The number of benzene rings is 2. The summed E-state index contributed by atoms with van der Waals surface area (Å²) in [6, 6.07) is 13.8. The molecule has 0 saturated heterocycles. The zero-order valence-electron chi connectivity index (χ0n) is 13.5. The molecule has 3 aromatic rings. The van der Waals surface area contributed by atoms with Crippen LogP contribution in [0, 0.1) is 0 Å². The fraction of sp³-hybridized carbons (Fsp3) is 0.111. The van der Waals surface area contributed by atoms with Crippen molar-refractivity contribution in [3.8, 4) is 11.5 Å². The molecule has 0 aliphatic heterocycles. The zero-order chi connectivity index (χ0) is 17.5. The van der Waals surface area contributed by atoms with E-state index in [-0.39, 0.29) is 0 Å². The van der Waals surface area contributed by atoms with Crippen molar-refractivity contribution < 1.29 is 9.47 Å². The molecule has 0 unspecified atom stereocenters. The molecule has 3 rings (SSSR count). The fourth-order valence-electron chi connectivity index (χ4n) is 2.12. The van der Waals surface area contributed by atoms with E-state index in [0.717, 1.165) is 20.7 Å². The molecule has 0 bridgehead atoms. The largest absolute Gasteiger partial charge is 0.493 e. The summed E-state index contributed by atoms with van der Waals surface area (Å²) in [4.78, 5) is 4.11. The predicted octanol–water partition coefficient (Wildman–Crippen LogP) is 4.94. The highest BCUT2D eigenvalue weighted by Gasteiger charge is 2.11. The summed E-state index contributed by atoms with van der Waals surface area (Å²) in [6.45, 7) is 0.467. The van der Waals surface area contributed by atoms with E-state index < -0.39 is 0 Å². The molecule has 1 aromatic heterocycles. The number of rotatable bonds is 7. The normalized spacial score (nSPS) is 10.8. The number of hydrogen-bond acceptors (Lipinski definition) is 6. The van der Waals surface area contributed by atoms with E-state index in [2.05, 4.69) is 31.4 Å². The second-order valence-electron chi connectivity index (χ2n) is 5.02. The summed E-state index contributed by atoms with van der Waals surface area (Å²) in [5, 5.41) is 6.81. The highest BCUT2D eigenvalue weighted by atomic mass is 79.9. The SMILES string of the molecule is COc1cc(C=NNc2nccs2)cc(Br)c1OCc1ccccc1. The third-order valence-electron chi connectivity index (χ3n) is 3.28. The second kappa shape index (κ2) is 8.64. The third kappa shape index (κ3) is 4.80. The smallest absolute Gasteiger partial charge is 0.203 e. The monoisotopic (exact) mass is 417 g/mol. The van der Waals surface area contributed by atoms with Gasteiger partial charge in [-0.25, -0.2) is 4.98 Å². The molecule has 1 heterocycles. The number of anilines is 1. The van der Waals surface area contributed by atoms with E-state index in [9.17, 15) is 0 Å². The summed E-state index contributed by atoms with van der Waals surface area (Å²) in [6.07, 6.45) is 3.43. The average molecular weight is 418 g/mol. The van der Waals surface area contributed by atoms with Gasteiger partial charge < -0.3 is 9.47 Å². The van der Waals surface area contributed by atoms with Gasteiger partial charge in [0.25, 0.3) is 0 Å². The number of methoxy groups -OCH3 is 1. The molecule has 0 atom stereocenters. The van der Waals surface area contributed by atoms with Crippen molar-refractivity contribution in [2.24, 2.45) is 5.10 Å². The number of hydrogen-bond donors (Lipinski definition) is 1. The number of hydrazone groups is 1. The summed E-state index contributed by atoms with van der Waals surface area (Å²) in [5.41, 5.74) is 4.85. The van der Waals surface area contributed by atoms with Gasteiger partial charge in [0, 0.05) is 11.6 Å². The van der Waals surface area contributed by atoms with Gasteiger partial charge in [0.15, 0.2) is 11.5 Å². The standard InChI is InChI=1S/C18H16BrN3O2S/c1-23-16-10-14(11-21-22-18-20-7-8-25-18)9-15(19)17(16)24-12-13-5-3-2-4-6-13/h2-11H,12H2,1H3,(H,20,22). The van der Waals surface area contributed by atoms with Crippen LogP contribution >= 0.6 is 27.3 Å². The lowest BCUT2D eigenvalue weighted by molar-refractivity contribution is 0.282. The highest BCUT2D eigenvalue weighted by molar-refractivity contribution is 9.10. The van der Waals surface area contributed by atoms with Crippen LogP contribution in [0.1, 0.15) is 11.1 Å². The Balaban J connectivity index is 1.72. The van der Waals surface area contributed by atoms with Crippen LogP contribution in [0.4, 0.5) is 5.13 Å². The van der Waals surface area contributed by atoms with Crippen molar-refractivity contribution in [1.82, 2.24) is 4.98 Å². The van der Waals surface area contributed by atoms with E-state index in [4.69, 9.17) is 9.47 Å². The first-order valence-electron chi connectivity index (χ1n) is 7.49.